The predicted molar refractivity (Wildman–Crippen MR) is 70.2 cm³/mol. The van der Waals surface area contributed by atoms with Gasteiger partial charge in [0.1, 0.15) is 5.82 Å². The van der Waals surface area contributed by atoms with Crippen LogP contribution >= 0.6 is 0 Å². The number of hydrogen-bond acceptors (Lipinski definition) is 5. The molecule has 0 aliphatic rings. The molecule has 0 spiro atoms. The van der Waals surface area contributed by atoms with Crippen LogP contribution in [0.4, 0.5) is 5.95 Å². The highest BCUT2D eigenvalue weighted by Gasteiger charge is 2.38. The number of nitrogens with zero attached hydrogens (tertiary/aromatic N) is 2. The largest absolute Gasteiger partial charge is 0.369 e. The lowest BCUT2D eigenvalue weighted by Crippen LogP contribution is -2.50. The lowest BCUT2D eigenvalue weighted by Gasteiger charge is -2.36. The molecule has 98 valence electrons. The second kappa shape index (κ2) is 3.55. The molecular weight excluding hydrogens is 232 g/mol. The van der Waals surface area contributed by atoms with Crippen LogP contribution in [0.1, 0.15) is 33.5 Å². The molecule has 2 heterocycles. The first-order chi connectivity index (χ1) is 8.13. The fourth-order valence-corrected chi connectivity index (χ4v) is 1.53. The molecule has 6 N–H and O–H groups in total. The normalized spacial score (nSPS) is 13.2. The van der Waals surface area contributed by atoms with Crippen LogP contribution < -0.4 is 17.0 Å². The van der Waals surface area contributed by atoms with E-state index >= 15 is 0 Å². The number of anilines is 1. The van der Waals surface area contributed by atoms with Crippen molar-refractivity contribution in [3.63, 3.8) is 0 Å². The highest BCUT2D eigenvalue weighted by molar-refractivity contribution is 5.70. The molecule has 0 amide bonds. The first kappa shape index (κ1) is 12.6. The quantitative estimate of drug-likeness (QED) is 0.607. The van der Waals surface area contributed by atoms with E-state index in [4.69, 9.17) is 11.5 Å². The Labute approximate surface area is 104 Å². The molecule has 2 aromatic heterocycles. The van der Waals surface area contributed by atoms with Crippen LogP contribution in [-0.4, -0.2) is 25.5 Å². The Morgan fingerprint density at radius 3 is 2.28 bits per heavy atom. The number of fused-ring (bicyclic) bond motifs is 1. The van der Waals surface area contributed by atoms with Crippen LogP contribution in [0.2, 0.25) is 0 Å². The number of nitrogen functional groups attached to an aromatic ring is 1. The monoisotopic (exact) mass is 250 g/mol. The van der Waals surface area contributed by atoms with Crippen molar-refractivity contribution in [2.24, 2.45) is 5.73 Å². The molecule has 18 heavy (non-hydrogen) atoms. The molecule has 0 saturated heterocycles. The van der Waals surface area contributed by atoms with E-state index in [2.05, 4.69) is 19.9 Å². The smallest absolute Gasteiger partial charge is 0.278 e. The highest BCUT2D eigenvalue weighted by atomic mass is 16.1. The Balaban J connectivity index is 2.69. The van der Waals surface area contributed by atoms with Gasteiger partial charge in [0.2, 0.25) is 5.95 Å². The van der Waals surface area contributed by atoms with E-state index in [0.717, 1.165) is 0 Å². The molecule has 7 nitrogen and oxygen atoms in total. The molecule has 0 aromatic carbocycles. The van der Waals surface area contributed by atoms with Crippen molar-refractivity contribution in [2.75, 3.05) is 5.73 Å². The number of H-pyrrole nitrogens is 2. The maximum Gasteiger partial charge on any atom is 0.278 e. The zero-order valence-corrected chi connectivity index (χ0v) is 11.0. The molecule has 2 rings (SSSR count). The van der Waals surface area contributed by atoms with Crippen molar-refractivity contribution < 1.29 is 0 Å². The van der Waals surface area contributed by atoms with E-state index in [1.165, 1.54) is 0 Å². The molecule has 7 heteroatoms. The molecule has 0 saturated carbocycles. The molecule has 0 aliphatic heterocycles. The molecule has 0 radical (unpaired) electrons. The fourth-order valence-electron chi connectivity index (χ4n) is 1.53. The van der Waals surface area contributed by atoms with E-state index in [9.17, 15) is 4.79 Å². The third-order valence-corrected chi connectivity index (χ3v) is 3.58. The third kappa shape index (κ3) is 1.76. The van der Waals surface area contributed by atoms with Crippen LogP contribution in [0, 0.1) is 0 Å². The van der Waals surface area contributed by atoms with Crippen molar-refractivity contribution in [1.29, 1.82) is 0 Å². The zero-order valence-electron chi connectivity index (χ0n) is 11.0. The van der Waals surface area contributed by atoms with Crippen LogP contribution in [0.3, 0.4) is 0 Å². The molecular formula is C11H18N6O. The Hall–Kier alpha value is -1.89. The Morgan fingerprint density at radius 2 is 1.72 bits per heavy atom. The van der Waals surface area contributed by atoms with Gasteiger partial charge in [0.15, 0.2) is 11.2 Å². The number of imidazole rings is 1. The molecule has 0 atom stereocenters. The van der Waals surface area contributed by atoms with Gasteiger partial charge in [-0.25, -0.2) is 4.98 Å². The number of aromatic nitrogens is 4. The average molecular weight is 250 g/mol. The number of hydrogen-bond donors (Lipinski definition) is 4. The molecule has 0 bridgehead atoms. The summed E-state index contributed by atoms with van der Waals surface area (Å²) in [4.78, 5) is 25.4. The van der Waals surface area contributed by atoms with Crippen molar-refractivity contribution in [1.82, 2.24) is 19.9 Å². The van der Waals surface area contributed by atoms with Gasteiger partial charge in [0.25, 0.3) is 5.56 Å². The van der Waals surface area contributed by atoms with Crippen LogP contribution in [-0.2, 0) is 5.41 Å². The zero-order chi connectivity index (χ0) is 13.7. The van der Waals surface area contributed by atoms with Gasteiger partial charge in [-0.15, -0.1) is 0 Å². The number of nitrogens with one attached hydrogen (secondary N) is 2. The fraction of sp³-hybridized carbons (Fsp3) is 0.545. The molecule has 0 fully saturated rings. The van der Waals surface area contributed by atoms with Gasteiger partial charge >= 0.3 is 0 Å². The summed E-state index contributed by atoms with van der Waals surface area (Å²) in [6.07, 6.45) is 0. The Kier molecular flexibility index (Phi) is 2.48. The van der Waals surface area contributed by atoms with Crippen molar-refractivity contribution >= 4 is 17.1 Å². The van der Waals surface area contributed by atoms with Crippen molar-refractivity contribution in [2.45, 2.75) is 38.6 Å². The van der Waals surface area contributed by atoms with Gasteiger partial charge < -0.3 is 16.5 Å². The van der Waals surface area contributed by atoms with E-state index in [1.807, 2.05) is 27.7 Å². The molecule has 0 unspecified atom stereocenters. The number of nitrogens with two attached hydrogens (primary N) is 2. The minimum absolute atomic E-state index is 0.0513. The summed E-state index contributed by atoms with van der Waals surface area (Å²) in [6.45, 7) is 7.74. The minimum Gasteiger partial charge on any atom is -0.369 e. The van der Waals surface area contributed by atoms with Gasteiger partial charge in [-0.2, -0.15) is 4.98 Å². The lowest BCUT2D eigenvalue weighted by atomic mass is 9.74. The van der Waals surface area contributed by atoms with Crippen molar-refractivity contribution in [3.05, 3.63) is 16.2 Å². The van der Waals surface area contributed by atoms with Gasteiger partial charge in [-0.1, -0.05) is 13.8 Å². The first-order valence-electron chi connectivity index (χ1n) is 5.68. The topological polar surface area (TPSA) is 126 Å². The summed E-state index contributed by atoms with van der Waals surface area (Å²) in [5, 5.41) is 0. The second-order valence-corrected chi connectivity index (χ2v) is 5.58. The molecule has 2 aromatic rings. The SMILES string of the molecule is CC(C)(N)C(C)(C)c1nc2nc(N)[nH]c(=O)c2[nH]1. The van der Waals surface area contributed by atoms with Crippen molar-refractivity contribution in [3.8, 4) is 0 Å². The summed E-state index contributed by atoms with van der Waals surface area (Å²) < 4.78 is 0. The lowest BCUT2D eigenvalue weighted by molar-refractivity contribution is 0.293. The van der Waals surface area contributed by atoms with E-state index < -0.39 is 11.0 Å². The summed E-state index contributed by atoms with van der Waals surface area (Å²) in [5.41, 5.74) is 11.0. The summed E-state index contributed by atoms with van der Waals surface area (Å²) in [7, 11) is 0. The highest BCUT2D eigenvalue weighted by Crippen LogP contribution is 2.31. The van der Waals surface area contributed by atoms with Gasteiger partial charge in [-0.05, 0) is 13.8 Å². The number of aromatic amines is 2. The summed E-state index contributed by atoms with van der Waals surface area (Å²) in [6, 6.07) is 0. The average Bonchev–Trinajstić information content (AvgIpc) is 2.59. The predicted octanol–water partition coefficient (Wildman–Crippen LogP) is 0.243. The third-order valence-electron chi connectivity index (χ3n) is 3.58. The molecule has 0 aliphatic carbocycles. The van der Waals surface area contributed by atoms with E-state index in [-0.39, 0.29) is 11.5 Å². The standard InChI is InChI=1S/C11H18N6O/c1-10(2,11(3,4)13)8-14-5-6(15-8)16-9(12)17-7(5)18/h13H2,1-4H3,(H4,12,14,15,16,17,18). The summed E-state index contributed by atoms with van der Waals surface area (Å²) in [5.74, 6) is 0.670. The maximum atomic E-state index is 11.7. The first-order valence-corrected chi connectivity index (χ1v) is 5.68. The summed E-state index contributed by atoms with van der Waals surface area (Å²) >= 11 is 0. The minimum atomic E-state index is -0.501. The van der Waals surface area contributed by atoms with Gasteiger partial charge in [0, 0.05) is 11.0 Å². The van der Waals surface area contributed by atoms with E-state index in [1.54, 1.807) is 0 Å². The maximum absolute atomic E-state index is 11.7. The van der Waals surface area contributed by atoms with Crippen LogP contribution in [0.15, 0.2) is 4.79 Å². The van der Waals surface area contributed by atoms with Crippen LogP contribution in [0.5, 0.6) is 0 Å². The van der Waals surface area contributed by atoms with Gasteiger partial charge in [0.05, 0.1) is 0 Å². The number of rotatable bonds is 2. The second-order valence-electron chi connectivity index (χ2n) is 5.58. The van der Waals surface area contributed by atoms with E-state index in [0.29, 0.717) is 17.0 Å². The van der Waals surface area contributed by atoms with Crippen LogP contribution in [0.25, 0.3) is 11.2 Å². The Bertz CT molecular complexity index is 646. The van der Waals surface area contributed by atoms with Gasteiger partial charge in [-0.3, -0.25) is 9.78 Å². The Morgan fingerprint density at radius 1 is 1.11 bits per heavy atom.